The van der Waals surface area contributed by atoms with Crippen LogP contribution in [0.2, 0.25) is 5.22 Å². The van der Waals surface area contributed by atoms with E-state index in [-0.39, 0.29) is 24.1 Å². The monoisotopic (exact) mass is 309 g/mol. The lowest BCUT2D eigenvalue weighted by atomic mass is 10.2. The quantitative estimate of drug-likeness (QED) is 0.859. The molecule has 21 heavy (non-hydrogen) atoms. The van der Waals surface area contributed by atoms with Crippen LogP contribution in [0.5, 0.6) is 5.75 Å². The second-order valence-corrected chi connectivity index (χ2v) is 4.97. The van der Waals surface area contributed by atoms with Crippen molar-refractivity contribution >= 4 is 17.5 Å². The van der Waals surface area contributed by atoms with Crippen molar-refractivity contribution in [3.05, 3.63) is 52.9 Å². The summed E-state index contributed by atoms with van der Waals surface area (Å²) in [5.41, 5.74) is 1.07. The van der Waals surface area contributed by atoms with Crippen LogP contribution >= 0.6 is 11.6 Å². The first-order valence-electron chi connectivity index (χ1n) is 6.45. The van der Waals surface area contributed by atoms with Crippen LogP contribution in [0.3, 0.4) is 0 Å². The number of aliphatic hydroxyl groups is 1. The molecule has 2 aromatic rings. The zero-order chi connectivity index (χ0) is 15.2. The number of ether oxygens (including phenoxy) is 1. The minimum absolute atomic E-state index is 0.0585. The molecular formula is C15H16ClNO4. The average molecular weight is 310 g/mol. The Morgan fingerprint density at radius 1 is 1.43 bits per heavy atom. The van der Waals surface area contributed by atoms with E-state index in [0.717, 1.165) is 5.56 Å². The first-order valence-corrected chi connectivity index (χ1v) is 6.83. The smallest absolute Gasteiger partial charge is 0.287 e. The number of furan rings is 1. The van der Waals surface area contributed by atoms with Crippen LogP contribution in [0.1, 0.15) is 16.1 Å². The SMILES string of the molecule is Cc1cccc(OCC(O)CNC(=O)c2ccc(Cl)o2)c1. The first kappa shape index (κ1) is 15.4. The lowest BCUT2D eigenvalue weighted by molar-refractivity contribution is 0.0822. The third kappa shape index (κ3) is 4.81. The van der Waals surface area contributed by atoms with E-state index >= 15 is 0 Å². The van der Waals surface area contributed by atoms with Crippen LogP contribution in [0, 0.1) is 6.92 Å². The Balaban J connectivity index is 1.74. The van der Waals surface area contributed by atoms with E-state index in [9.17, 15) is 9.90 Å². The predicted octanol–water partition coefficient (Wildman–Crippen LogP) is 2.41. The van der Waals surface area contributed by atoms with Gasteiger partial charge in [0.25, 0.3) is 5.91 Å². The summed E-state index contributed by atoms with van der Waals surface area (Å²) in [6.45, 7) is 2.10. The van der Waals surface area contributed by atoms with Gasteiger partial charge >= 0.3 is 0 Å². The van der Waals surface area contributed by atoms with Crippen molar-refractivity contribution in [2.24, 2.45) is 0 Å². The summed E-state index contributed by atoms with van der Waals surface area (Å²) in [6.07, 6.45) is -0.820. The van der Waals surface area contributed by atoms with E-state index < -0.39 is 12.0 Å². The van der Waals surface area contributed by atoms with Crippen LogP contribution in [0.25, 0.3) is 0 Å². The van der Waals surface area contributed by atoms with Crippen LogP contribution in [0.4, 0.5) is 0 Å². The molecule has 112 valence electrons. The summed E-state index contributed by atoms with van der Waals surface area (Å²) in [5, 5.41) is 12.5. The molecule has 1 aromatic heterocycles. The Labute approximate surface area is 127 Å². The molecule has 0 spiro atoms. The second kappa shape index (κ2) is 7.15. The van der Waals surface area contributed by atoms with Gasteiger partial charge in [-0.15, -0.1) is 0 Å². The number of aliphatic hydroxyl groups excluding tert-OH is 1. The Morgan fingerprint density at radius 2 is 2.24 bits per heavy atom. The largest absolute Gasteiger partial charge is 0.491 e. The number of amides is 1. The highest BCUT2D eigenvalue weighted by molar-refractivity contribution is 6.29. The molecule has 0 aliphatic carbocycles. The molecular weight excluding hydrogens is 294 g/mol. The zero-order valence-electron chi connectivity index (χ0n) is 11.5. The highest BCUT2D eigenvalue weighted by Gasteiger charge is 2.12. The van der Waals surface area contributed by atoms with Crippen LogP contribution in [-0.2, 0) is 0 Å². The van der Waals surface area contributed by atoms with Gasteiger partial charge in [-0.25, -0.2) is 0 Å². The maximum Gasteiger partial charge on any atom is 0.287 e. The molecule has 5 nitrogen and oxygen atoms in total. The minimum atomic E-state index is -0.820. The fraction of sp³-hybridized carbons (Fsp3) is 0.267. The molecule has 2 rings (SSSR count). The van der Waals surface area contributed by atoms with E-state index in [0.29, 0.717) is 5.75 Å². The molecule has 0 radical (unpaired) electrons. The molecule has 0 fully saturated rings. The van der Waals surface area contributed by atoms with Crippen molar-refractivity contribution in [3.8, 4) is 5.75 Å². The van der Waals surface area contributed by atoms with Crippen LogP contribution < -0.4 is 10.1 Å². The Kier molecular flexibility index (Phi) is 5.25. The number of hydrogen-bond acceptors (Lipinski definition) is 4. The summed E-state index contributed by atoms with van der Waals surface area (Å²) in [7, 11) is 0. The van der Waals surface area contributed by atoms with Gasteiger partial charge in [-0.3, -0.25) is 4.79 Å². The molecule has 1 unspecified atom stereocenters. The maximum absolute atomic E-state index is 11.7. The van der Waals surface area contributed by atoms with Gasteiger partial charge in [0.2, 0.25) is 0 Å². The lowest BCUT2D eigenvalue weighted by Gasteiger charge is -2.13. The molecule has 1 aromatic carbocycles. The standard InChI is InChI=1S/C15H16ClNO4/c1-10-3-2-4-12(7-10)20-9-11(18)8-17-15(19)13-5-6-14(16)21-13/h2-7,11,18H,8-9H2,1H3,(H,17,19). The number of hydrogen-bond donors (Lipinski definition) is 2. The number of rotatable bonds is 6. The Hall–Kier alpha value is -1.98. The maximum atomic E-state index is 11.7. The van der Waals surface area contributed by atoms with Crippen LogP contribution in [-0.4, -0.2) is 30.3 Å². The molecule has 0 aliphatic heterocycles. The van der Waals surface area contributed by atoms with Crippen molar-refractivity contribution in [2.75, 3.05) is 13.2 Å². The second-order valence-electron chi connectivity index (χ2n) is 4.60. The molecule has 6 heteroatoms. The normalized spacial score (nSPS) is 12.0. The van der Waals surface area contributed by atoms with Gasteiger partial charge < -0.3 is 19.6 Å². The summed E-state index contributed by atoms with van der Waals surface area (Å²) < 4.78 is 10.4. The zero-order valence-corrected chi connectivity index (χ0v) is 12.3. The van der Waals surface area contributed by atoms with E-state index in [2.05, 4.69) is 5.32 Å². The van der Waals surface area contributed by atoms with Crippen LogP contribution in [0.15, 0.2) is 40.8 Å². The van der Waals surface area contributed by atoms with Gasteiger partial charge in [0, 0.05) is 6.54 Å². The molecule has 0 aliphatic rings. The summed E-state index contributed by atoms with van der Waals surface area (Å²) in [6, 6.07) is 10.5. The number of nitrogens with one attached hydrogen (secondary N) is 1. The van der Waals surface area contributed by atoms with Gasteiger partial charge in [-0.2, -0.15) is 0 Å². The average Bonchev–Trinajstić information content (AvgIpc) is 2.89. The van der Waals surface area contributed by atoms with Crippen molar-refractivity contribution in [2.45, 2.75) is 13.0 Å². The topological polar surface area (TPSA) is 71.7 Å². The van der Waals surface area contributed by atoms with E-state index in [1.807, 2.05) is 31.2 Å². The van der Waals surface area contributed by atoms with Gasteiger partial charge in [0.15, 0.2) is 11.0 Å². The molecule has 0 saturated carbocycles. The minimum Gasteiger partial charge on any atom is -0.491 e. The number of carbonyl (C=O) groups excluding carboxylic acids is 1. The lowest BCUT2D eigenvalue weighted by Crippen LogP contribution is -2.35. The molecule has 1 atom stereocenters. The fourth-order valence-corrected chi connectivity index (χ4v) is 1.84. The number of aryl methyl sites for hydroxylation is 1. The molecule has 0 saturated heterocycles. The van der Waals surface area contributed by atoms with Crippen molar-refractivity contribution in [3.63, 3.8) is 0 Å². The summed E-state index contributed by atoms with van der Waals surface area (Å²) in [5.74, 6) is 0.349. The van der Waals surface area contributed by atoms with E-state index in [1.54, 1.807) is 0 Å². The number of carbonyl (C=O) groups is 1. The van der Waals surface area contributed by atoms with Gasteiger partial charge in [0.1, 0.15) is 18.5 Å². The van der Waals surface area contributed by atoms with E-state index in [1.165, 1.54) is 12.1 Å². The summed E-state index contributed by atoms with van der Waals surface area (Å²) in [4.78, 5) is 11.7. The number of halogens is 1. The summed E-state index contributed by atoms with van der Waals surface area (Å²) >= 11 is 5.58. The molecule has 1 amide bonds. The van der Waals surface area contributed by atoms with Crippen molar-refractivity contribution in [1.29, 1.82) is 0 Å². The van der Waals surface area contributed by atoms with Crippen molar-refractivity contribution < 1.29 is 19.1 Å². The Morgan fingerprint density at radius 3 is 2.90 bits per heavy atom. The third-order valence-electron chi connectivity index (χ3n) is 2.73. The predicted molar refractivity (Wildman–Crippen MR) is 78.7 cm³/mol. The Bertz CT molecular complexity index is 611. The highest BCUT2D eigenvalue weighted by atomic mass is 35.5. The third-order valence-corrected chi connectivity index (χ3v) is 2.93. The van der Waals surface area contributed by atoms with Crippen molar-refractivity contribution in [1.82, 2.24) is 5.32 Å². The van der Waals surface area contributed by atoms with Gasteiger partial charge in [-0.1, -0.05) is 12.1 Å². The van der Waals surface area contributed by atoms with E-state index in [4.69, 9.17) is 20.8 Å². The fourth-order valence-electron chi connectivity index (χ4n) is 1.69. The highest BCUT2D eigenvalue weighted by Crippen LogP contribution is 2.13. The van der Waals surface area contributed by atoms with Gasteiger partial charge in [0.05, 0.1) is 0 Å². The number of benzene rings is 1. The van der Waals surface area contributed by atoms with Gasteiger partial charge in [-0.05, 0) is 48.4 Å². The molecule has 0 bridgehead atoms. The first-order chi connectivity index (χ1) is 10.0. The molecule has 2 N–H and O–H groups in total. The molecule has 1 heterocycles.